The number of thioether (sulfide) groups is 1. The molecular formula is C8H15NO2S. The molecule has 0 bridgehead atoms. The van der Waals surface area contributed by atoms with Crippen LogP contribution < -0.4 is 5.32 Å². The monoisotopic (exact) mass is 189 g/mol. The van der Waals surface area contributed by atoms with Crippen LogP contribution in [0, 0.1) is 0 Å². The topological polar surface area (TPSA) is 49.3 Å². The Morgan fingerprint density at radius 2 is 2.33 bits per heavy atom. The molecular weight excluding hydrogens is 174 g/mol. The van der Waals surface area contributed by atoms with Gasteiger partial charge in [-0.2, -0.15) is 11.8 Å². The van der Waals surface area contributed by atoms with Crippen molar-refractivity contribution in [3.8, 4) is 0 Å². The van der Waals surface area contributed by atoms with E-state index in [0.717, 1.165) is 5.75 Å². The third-order valence-electron chi connectivity index (χ3n) is 1.38. The predicted molar refractivity (Wildman–Crippen MR) is 52.6 cm³/mol. The van der Waals surface area contributed by atoms with E-state index in [4.69, 9.17) is 5.11 Å². The Labute approximate surface area is 77.2 Å². The molecule has 0 aliphatic carbocycles. The highest BCUT2D eigenvalue weighted by molar-refractivity contribution is 7.98. The maximum absolute atomic E-state index is 10.3. The number of carbonyl (C=O) groups is 1. The first kappa shape index (κ1) is 11.5. The SMILES string of the molecule is C=C(CNC(C)CSC)C(=O)O. The van der Waals surface area contributed by atoms with Gasteiger partial charge in [0.05, 0.1) is 0 Å². The fraction of sp³-hybridized carbons (Fsp3) is 0.625. The van der Waals surface area contributed by atoms with Gasteiger partial charge in [-0.1, -0.05) is 6.58 Å². The van der Waals surface area contributed by atoms with Crippen LogP contribution in [0.2, 0.25) is 0 Å². The molecule has 0 heterocycles. The second-order valence-electron chi connectivity index (χ2n) is 2.65. The van der Waals surface area contributed by atoms with Gasteiger partial charge < -0.3 is 10.4 Å². The van der Waals surface area contributed by atoms with E-state index in [2.05, 4.69) is 11.9 Å². The van der Waals surface area contributed by atoms with Crippen LogP contribution in [-0.2, 0) is 4.79 Å². The van der Waals surface area contributed by atoms with E-state index in [1.165, 1.54) is 0 Å². The van der Waals surface area contributed by atoms with Crippen LogP contribution >= 0.6 is 11.8 Å². The fourth-order valence-electron chi connectivity index (χ4n) is 0.682. The first-order chi connectivity index (χ1) is 5.57. The number of nitrogens with one attached hydrogen (secondary N) is 1. The zero-order valence-corrected chi connectivity index (χ0v) is 8.28. The third kappa shape index (κ3) is 5.21. The van der Waals surface area contributed by atoms with Crippen LogP contribution in [0.25, 0.3) is 0 Å². The highest BCUT2D eigenvalue weighted by Gasteiger charge is 2.05. The second kappa shape index (κ2) is 6.08. The summed E-state index contributed by atoms with van der Waals surface area (Å²) in [5.74, 6) is 0.0474. The number of rotatable bonds is 6. The lowest BCUT2D eigenvalue weighted by molar-refractivity contribution is -0.132. The quantitative estimate of drug-likeness (QED) is 0.611. The molecule has 0 aromatic rings. The van der Waals surface area contributed by atoms with Gasteiger partial charge >= 0.3 is 5.97 Å². The van der Waals surface area contributed by atoms with Gasteiger partial charge in [-0.3, -0.25) is 0 Å². The Bertz CT molecular complexity index is 170. The summed E-state index contributed by atoms with van der Waals surface area (Å²) in [7, 11) is 0. The summed E-state index contributed by atoms with van der Waals surface area (Å²) in [6, 6.07) is 0.330. The van der Waals surface area contributed by atoms with Crippen molar-refractivity contribution in [1.29, 1.82) is 0 Å². The van der Waals surface area contributed by atoms with E-state index < -0.39 is 5.97 Å². The Balaban J connectivity index is 3.54. The maximum Gasteiger partial charge on any atom is 0.332 e. The summed E-state index contributed by atoms with van der Waals surface area (Å²) < 4.78 is 0. The van der Waals surface area contributed by atoms with Crippen LogP contribution in [0.1, 0.15) is 6.92 Å². The summed E-state index contributed by atoms with van der Waals surface area (Å²) in [6.07, 6.45) is 2.02. The van der Waals surface area contributed by atoms with Gasteiger partial charge in [-0.15, -0.1) is 0 Å². The zero-order chi connectivity index (χ0) is 9.56. The zero-order valence-electron chi connectivity index (χ0n) is 7.46. The summed E-state index contributed by atoms with van der Waals surface area (Å²) in [6.45, 7) is 5.80. The van der Waals surface area contributed by atoms with Crippen molar-refractivity contribution in [3.05, 3.63) is 12.2 Å². The second-order valence-corrected chi connectivity index (χ2v) is 3.56. The minimum Gasteiger partial charge on any atom is -0.478 e. The smallest absolute Gasteiger partial charge is 0.332 e. The Hall–Kier alpha value is -0.480. The molecule has 0 aromatic carbocycles. The molecule has 3 nitrogen and oxygen atoms in total. The summed E-state index contributed by atoms with van der Waals surface area (Å²) in [4.78, 5) is 10.3. The van der Waals surface area contributed by atoms with Gasteiger partial charge in [-0.05, 0) is 13.2 Å². The van der Waals surface area contributed by atoms with E-state index in [9.17, 15) is 4.79 Å². The van der Waals surface area contributed by atoms with Crippen LogP contribution in [-0.4, -0.2) is 35.7 Å². The first-order valence-corrected chi connectivity index (χ1v) is 5.10. The van der Waals surface area contributed by atoms with Gasteiger partial charge in [0.1, 0.15) is 0 Å². The molecule has 0 aliphatic heterocycles. The molecule has 70 valence electrons. The number of carboxylic acid groups (broad SMARTS) is 1. The molecule has 0 fully saturated rings. The standard InChI is InChI=1S/C8H15NO2S/c1-6(8(10)11)4-9-7(2)5-12-3/h7,9H,1,4-5H2,2-3H3,(H,10,11). The summed E-state index contributed by atoms with van der Waals surface area (Å²) in [5.41, 5.74) is 0.211. The van der Waals surface area contributed by atoms with Crippen LogP contribution in [0.4, 0.5) is 0 Å². The van der Waals surface area contributed by atoms with E-state index in [0.29, 0.717) is 12.6 Å². The van der Waals surface area contributed by atoms with Gasteiger partial charge in [0.25, 0.3) is 0 Å². The van der Waals surface area contributed by atoms with Crippen molar-refractivity contribution in [3.63, 3.8) is 0 Å². The van der Waals surface area contributed by atoms with Gasteiger partial charge in [0.2, 0.25) is 0 Å². The van der Waals surface area contributed by atoms with Crippen molar-refractivity contribution in [2.24, 2.45) is 0 Å². The number of aliphatic carboxylic acids is 1. The molecule has 1 atom stereocenters. The summed E-state index contributed by atoms with van der Waals surface area (Å²) >= 11 is 1.73. The van der Waals surface area contributed by atoms with Crippen molar-refractivity contribution >= 4 is 17.7 Å². The summed E-state index contributed by atoms with van der Waals surface area (Å²) in [5, 5.41) is 11.5. The highest BCUT2D eigenvalue weighted by Crippen LogP contribution is 1.96. The Morgan fingerprint density at radius 1 is 1.75 bits per heavy atom. The van der Waals surface area contributed by atoms with Crippen LogP contribution in [0.5, 0.6) is 0 Å². The maximum atomic E-state index is 10.3. The van der Waals surface area contributed by atoms with E-state index in [1.54, 1.807) is 11.8 Å². The van der Waals surface area contributed by atoms with E-state index in [-0.39, 0.29) is 5.57 Å². The Kier molecular flexibility index (Phi) is 5.84. The highest BCUT2D eigenvalue weighted by atomic mass is 32.2. The number of carboxylic acids is 1. The molecule has 0 rings (SSSR count). The molecule has 0 saturated carbocycles. The molecule has 0 spiro atoms. The Morgan fingerprint density at radius 3 is 2.75 bits per heavy atom. The van der Waals surface area contributed by atoms with Gasteiger partial charge in [-0.25, -0.2) is 4.79 Å². The molecule has 0 amide bonds. The third-order valence-corrected chi connectivity index (χ3v) is 2.22. The van der Waals surface area contributed by atoms with E-state index in [1.807, 2.05) is 13.2 Å². The molecule has 2 N–H and O–H groups in total. The van der Waals surface area contributed by atoms with Crippen LogP contribution in [0.3, 0.4) is 0 Å². The molecule has 12 heavy (non-hydrogen) atoms. The normalized spacial score (nSPS) is 12.5. The van der Waals surface area contributed by atoms with Gasteiger partial charge in [0.15, 0.2) is 0 Å². The number of hydrogen-bond acceptors (Lipinski definition) is 3. The van der Waals surface area contributed by atoms with Crippen LogP contribution in [0.15, 0.2) is 12.2 Å². The van der Waals surface area contributed by atoms with Gasteiger partial charge in [0, 0.05) is 23.9 Å². The fourth-order valence-corrected chi connectivity index (χ4v) is 1.30. The lowest BCUT2D eigenvalue weighted by Crippen LogP contribution is -2.31. The lowest BCUT2D eigenvalue weighted by atomic mass is 10.3. The minimum absolute atomic E-state index is 0.211. The molecule has 0 saturated heterocycles. The largest absolute Gasteiger partial charge is 0.478 e. The lowest BCUT2D eigenvalue weighted by Gasteiger charge is -2.11. The minimum atomic E-state index is -0.932. The molecule has 0 aliphatic rings. The first-order valence-electron chi connectivity index (χ1n) is 3.71. The van der Waals surface area contributed by atoms with E-state index >= 15 is 0 Å². The average Bonchev–Trinajstić information content (AvgIpc) is 2.00. The van der Waals surface area contributed by atoms with Crippen molar-refractivity contribution in [1.82, 2.24) is 5.32 Å². The molecule has 0 aromatic heterocycles. The molecule has 1 unspecified atom stereocenters. The van der Waals surface area contributed by atoms with Crippen molar-refractivity contribution in [2.45, 2.75) is 13.0 Å². The van der Waals surface area contributed by atoms with Crippen molar-refractivity contribution < 1.29 is 9.90 Å². The predicted octanol–water partition coefficient (Wildman–Crippen LogP) is 0.968. The number of hydrogen-bond donors (Lipinski definition) is 2. The average molecular weight is 189 g/mol. The molecule has 4 heteroatoms. The van der Waals surface area contributed by atoms with Crippen molar-refractivity contribution in [2.75, 3.05) is 18.6 Å². The molecule has 0 radical (unpaired) electrons.